The van der Waals surface area contributed by atoms with Crippen LogP contribution >= 0.6 is 0 Å². The molecule has 130 valence electrons. The van der Waals surface area contributed by atoms with Crippen LogP contribution < -0.4 is 35.2 Å². The van der Waals surface area contributed by atoms with Gasteiger partial charge in [0.15, 0.2) is 0 Å². The summed E-state index contributed by atoms with van der Waals surface area (Å²) >= 11 is 0. The largest absolute Gasteiger partial charge is 0.465 e. The Balaban J connectivity index is -0.0000000150. The fourth-order valence-electron chi connectivity index (χ4n) is 0. The van der Waals surface area contributed by atoms with E-state index in [1.807, 2.05) is 0 Å². The minimum absolute atomic E-state index is 0. The summed E-state index contributed by atoms with van der Waals surface area (Å²) in [4.78, 5) is 30.2. The Bertz CT molecular complexity index is 148. The fourth-order valence-corrected chi connectivity index (χ4v) is 0. The molecule has 0 fully saturated rings. The molecule has 16 nitrogen and oxygen atoms in total. The second-order valence-electron chi connectivity index (χ2n) is 1.32. The predicted octanol–water partition coefficient (Wildman–Crippen LogP) is -3.02. The summed E-state index contributed by atoms with van der Waals surface area (Å²) in [6.07, 6.45) is -2.67. The van der Waals surface area contributed by atoms with Crippen molar-refractivity contribution in [2.45, 2.75) is 0 Å². The summed E-state index contributed by atoms with van der Waals surface area (Å²) < 4.78 is 0. The number of nitrogens with two attached hydrogens (primary N) is 4. The van der Waals surface area contributed by atoms with Crippen LogP contribution in [0.2, 0.25) is 0 Å². The third-order valence-corrected chi connectivity index (χ3v) is 0.0745. The van der Waals surface area contributed by atoms with Crippen molar-refractivity contribution in [3.63, 3.8) is 0 Å². The molecule has 0 heterocycles. The van der Waals surface area contributed by atoms with E-state index in [0.29, 0.717) is 0 Å². The lowest BCUT2D eigenvalue weighted by molar-refractivity contribution is -0.479. The molecule has 0 rings (SSSR count). The molecule has 0 atom stereocenters. The van der Waals surface area contributed by atoms with Gasteiger partial charge in [0.2, 0.25) is 0 Å². The van der Waals surface area contributed by atoms with Gasteiger partial charge in [-0.25, -0.2) is 24.5 Å². The summed E-state index contributed by atoms with van der Waals surface area (Å²) in [7, 11) is 1.21. The maximum absolute atomic E-state index is 9.00. The van der Waals surface area contributed by atoms with Crippen molar-refractivity contribution >= 4 is 18.2 Å². The molecule has 0 spiro atoms. The molecule has 0 unspecified atom stereocenters. The molecule has 20 heavy (non-hydrogen) atoms. The summed E-state index contributed by atoms with van der Waals surface area (Å²) in [6.45, 7) is 0. The molecule has 0 aromatic heterocycles. The van der Waals surface area contributed by atoms with Crippen LogP contribution in [-0.4, -0.2) is 51.8 Å². The summed E-state index contributed by atoms with van der Waals surface area (Å²) in [5.41, 5.74) is 16.6. The molecule has 0 saturated carbocycles. The maximum Gasteiger partial charge on any atom is 0.402 e. The van der Waals surface area contributed by atoms with Gasteiger partial charge in [0.05, 0.1) is 7.11 Å². The smallest absolute Gasteiger partial charge is 0.402 e. The van der Waals surface area contributed by atoms with E-state index in [-0.39, 0.29) is 23.3 Å². The van der Waals surface area contributed by atoms with E-state index in [4.69, 9.17) is 29.9 Å². The first-order valence-corrected chi connectivity index (χ1v) is 2.97. The Morgan fingerprint density at radius 2 is 0.900 bits per heavy atom. The number of rotatable bonds is 1. The van der Waals surface area contributed by atoms with Crippen LogP contribution in [0.3, 0.4) is 0 Å². The van der Waals surface area contributed by atoms with Crippen molar-refractivity contribution in [2.24, 2.45) is 22.9 Å². The van der Waals surface area contributed by atoms with Gasteiger partial charge in [0, 0.05) is 0 Å². The van der Waals surface area contributed by atoms with E-state index >= 15 is 0 Å². The van der Waals surface area contributed by atoms with Crippen LogP contribution in [-0.2, 0) is 9.93 Å². The third kappa shape index (κ3) is 1520. The highest BCUT2D eigenvalue weighted by molar-refractivity contribution is 5.69. The molecule has 0 aromatic carbocycles. The van der Waals surface area contributed by atoms with Crippen molar-refractivity contribution < 1.29 is 50.7 Å². The molecule has 0 aliphatic rings. The second kappa shape index (κ2) is 54.8. The zero-order valence-corrected chi connectivity index (χ0v) is 10.6. The van der Waals surface area contributed by atoms with Crippen LogP contribution in [0.4, 0.5) is 14.4 Å². The van der Waals surface area contributed by atoms with Gasteiger partial charge in [-0.1, -0.05) is 5.04 Å². The highest BCUT2D eigenvalue weighted by atomic mass is 17.5. The average Bonchev–Trinajstić information content (AvgIpc) is 2.00. The maximum atomic E-state index is 9.00. The highest BCUT2D eigenvalue weighted by Crippen LogP contribution is 1.50. The molecule has 0 saturated heterocycles. The van der Waals surface area contributed by atoms with E-state index in [2.05, 4.69) is 32.9 Å². The minimum atomic E-state index is -1.33. The molecule has 4 amide bonds. The van der Waals surface area contributed by atoms with Crippen LogP contribution in [0.15, 0.2) is 0 Å². The van der Waals surface area contributed by atoms with Crippen LogP contribution in [0, 0.1) is 0 Å². The Hall–Kier alpha value is -2.47. The van der Waals surface area contributed by atoms with Crippen molar-refractivity contribution in [1.29, 1.82) is 0 Å². The number of amides is 4. The van der Waals surface area contributed by atoms with Crippen LogP contribution in [0.1, 0.15) is 0 Å². The lowest BCUT2D eigenvalue weighted by Crippen LogP contribution is -2.18. The van der Waals surface area contributed by atoms with Gasteiger partial charge in [-0.15, -0.1) is 0 Å². The normalized spacial score (nSPS) is 5.10. The zero-order chi connectivity index (χ0) is 14.1. The Labute approximate surface area is 112 Å². The number of carbonyl (C=O) groups excluding carboxylic acids is 1. The molecular weight excluding hydrogens is 292 g/mol. The fraction of sp³-hybridized carbons (Fsp3) is 0.250. The first kappa shape index (κ1) is 52.7. The molecule has 21 N–H and O–H groups in total. The number of primary amides is 4. The summed E-state index contributed by atoms with van der Waals surface area (Å²) in [6, 6.07) is -0.833. The molecule has 0 bridgehead atoms. The Kier molecular flexibility index (Phi) is 144. The quantitative estimate of drug-likeness (QED) is 0.174. The van der Waals surface area contributed by atoms with Gasteiger partial charge < -0.3 is 56.4 Å². The van der Waals surface area contributed by atoms with Crippen LogP contribution in [0.5, 0.6) is 0 Å². The van der Waals surface area contributed by atoms with Gasteiger partial charge in [-0.05, 0) is 0 Å². The average molecular weight is 316 g/mol. The van der Waals surface area contributed by atoms with Gasteiger partial charge in [-0.2, -0.15) is 0 Å². The van der Waals surface area contributed by atoms with Gasteiger partial charge in [-0.3, -0.25) is 0 Å². The lowest BCUT2D eigenvalue weighted by atomic mass is 11.2. The van der Waals surface area contributed by atoms with Crippen LogP contribution in [0.25, 0.3) is 0 Å². The highest BCUT2D eigenvalue weighted by Gasteiger charge is 1.65. The van der Waals surface area contributed by atoms with E-state index in [1.165, 1.54) is 7.11 Å². The van der Waals surface area contributed by atoms with Crippen molar-refractivity contribution in [2.75, 3.05) is 7.11 Å². The van der Waals surface area contributed by atoms with E-state index in [0.717, 1.165) is 0 Å². The van der Waals surface area contributed by atoms with E-state index < -0.39 is 18.2 Å². The summed E-state index contributed by atoms with van der Waals surface area (Å²) in [5, 5.41) is 24.6. The molecule has 0 aliphatic heterocycles. The van der Waals surface area contributed by atoms with Crippen molar-refractivity contribution in [3.8, 4) is 0 Å². The SMILES string of the molecule is COOO.N.N.NC(=O)O.NC(=O)O.NC(N)=O.O.O. The second-order valence-corrected chi connectivity index (χ2v) is 1.32. The number of carbonyl (C=O) groups is 3. The first-order valence-electron chi connectivity index (χ1n) is 2.97. The van der Waals surface area contributed by atoms with Gasteiger partial charge >= 0.3 is 18.2 Å². The Morgan fingerprint density at radius 1 is 0.850 bits per heavy atom. The Morgan fingerprint density at radius 3 is 0.900 bits per heavy atom. The molecule has 0 aromatic rings. The van der Waals surface area contributed by atoms with Crippen molar-refractivity contribution in [1.82, 2.24) is 12.3 Å². The van der Waals surface area contributed by atoms with Gasteiger partial charge in [0.25, 0.3) is 0 Å². The first-order chi connectivity index (χ1) is 7.11. The predicted molar refractivity (Wildman–Crippen MR) is 66.2 cm³/mol. The topological polar surface area (TPSA) is 367 Å². The van der Waals surface area contributed by atoms with E-state index in [9.17, 15) is 0 Å². The standard InChI is InChI=1S/CH4N2O.2CH3NO2.CH4O3.2H3N.2H2O/c3*2-1(3)4;1-3-4-2;;;;/h(H4,2,3,4);2*2H2,(H,3,4);2H,1H3;2*1H3;2*1H2. The minimum Gasteiger partial charge on any atom is -0.465 e. The van der Waals surface area contributed by atoms with Crippen molar-refractivity contribution in [3.05, 3.63) is 0 Å². The molecular formula is C4H24N6O10. The monoisotopic (exact) mass is 316 g/mol. The van der Waals surface area contributed by atoms with Gasteiger partial charge in [0.1, 0.15) is 0 Å². The number of hydrogen-bond acceptors (Lipinski definition) is 8. The lowest BCUT2D eigenvalue weighted by Gasteiger charge is -1.74. The zero-order valence-electron chi connectivity index (χ0n) is 10.6. The summed E-state index contributed by atoms with van der Waals surface area (Å²) in [5.74, 6) is 0. The van der Waals surface area contributed by atoms with E-state index in [1.54, 1.807) is 0 Å². The third-order valence-electron chi connectivity index (χ3n) is 0.0745. The number of hydrogen-bond donors (Lipinski definition) is 9. The number of carboxylic acid groups (broad SMARTS) is 2. The molecule has 0 aliphatic carbocycles. The number of urea groups is 1. The molecule has 0 radical (unpaired) electrons. The molecule has 16 heteroatoms.